The number of hydrogen-bond donors (Lipinski definition) is 1. The van der Waals surface area contributed by atoms with Gasteiger partial charge in [-0.1, -0.05) is 0 Å². The molecule has 1 aromatic heterocycles. The molecule has 1 unspecified atom stereocenters. The molecule has 1 fully saturated rings. The summed E-state index contributed by atoms with van der Waals surface area (Å²) in [5.41, 5.74) is 3.72. The molecule has 2 aromatic rings. The van der Waals surface area contributed by atoms with Crippen LogP contribution in [-0.2, 0) is 18.3 Å². The quantitative estimate of drug-likeness (QED) is 0.936. The van der Waals surface area contributed by atoms with E-state index in [2.05, 4.69) is 64.4 Å². The van der Waals surface area contributed by atoms with Crippen molar-refractivity contribution in [1.29, 1.82) is 0 Å². The molecule has 2 heterocycles. The van der Waals surface area contributed by atoms with Gasteiger partial charge in [0.25, 0.3) is 0 Å². The zero-order valence-electron chi connectivity index (χ0n) is 12.7. The van der Waals surface area contributed by atoms with E-state index in [4.69, 9.17) is 4.74 Å². The smallest absolute Gasteiger partial charge is 0.0668 e. The lowest BCUT2D eigenvalue weighted by Gasteiger charge is -2.35. The summed E-state index contributed by atoms with van der Waals surface area (Å²) in [4.78, 5) is 2.41. The lowest BCUT2D eigenvalue weighted by Crippen LogP contribution is -2.43. The number of benzene rings is 1. The summed E-state index contributed by atoms with van der Waals surface area (Å²) in [6.45, 7) is 5.67. The average molecular weight is 285 g/mol. The van der Waals surface area contributed by atoms with Crippen LogP contribution in [0.2, 0.25) is 0 Å². The van der Waals surface area contributed by atoms with Crippen molar-refractivity contribution in [1.82, 2.24) is 4.57 Å². The Morgan fingerprint density at radius 3 is 2.71 bits per heavy atom. The number of aromatic nitrogens is 1. The topological polar surface area (TPSA) is 29.4 Å². The van der Waals surface area contributed by atoms with E-state index in [1.54, 1.807) is 0 Å². The molecule has 0 radical (unpaired) electrons. The second-order valence-electron chi connectivity index (χ2n) is 5.70. The van der Waals surface area contributed by atoms with Crippen LogP contribution in [0, 0.1) is 0 Å². The fourth-order valence-corrected chi connectivity index (χ4v) is 2.75. The number of hydrogen-bond acceptors (Lipinski definition) is 3. The molecule has 4 nitrogen and oxygen atoms in total. The van der Waals surface area contributed by atoms with Crippen LogP contribution in [0.25, 0.3) is 0 Å². The normalized spacial score (nSPS) is 18.8. The summed E-state index contributed by atoms with van der Waals surface area (Å²) in [6.07, 6.45) is 4.21. The Labute approximate surface area is 126 Å². The highest BCUT2D eigenvalue weighted by molar-refractivity contribution is 5.56. The zero-order valence-corrected chi connectivity index (χ0v) is 12.7. The van der Waals surface area contributed by atoms with E-state index in [1.165, 1.54) is 11.3 Å². The number of anilines is 2. The van der Waals surface area contributed by atoms with Crippen LogP contribution < -0.4 is 10.2 Å². The molecule has 1 saturated heterocycles. The Morgan fingerprint density at radius 1 is 1.24 bits per heavy atom. The van der Waals surface area contributed by atoms with Gasteiger partial charge in [0.15, 0.2) is 0 Å². The Bertz CT molecular complexity index is 576. The van der Waals surface area contributed by atoms with E-state index < -0.39 is 0 Å². The molecule has 1 aliphatic heterocycles. The van der Waals surface area contributed by atoms with Crippen molar-refractivity contribution in [2.45, 2.75) is 19.5 Å². The van der Waals surface area contributed by atoms with E-state index in [0.717, 1.165) is 32.0 Å². The molecule has 1 N–H and O–H groups in total. The van der Waals surface area contributed by atoms with Gasteiger partial charge in [-0.15, -0.1) is 0 Å². The lowest BCUT2D eigenvalue weighted by atomic mass is 10.2. The van der Waals surface area contributed by atoms with Gasteiger partial charge in [-0.2, -0.15) is 0 Å². The van der Waals surface area contributed by atoms with Crippen LogP contribution in [0.4, 0.5) is 11.4 Å². The number of nitrogens with one attached hydrogen (secondary N) is 1. The summed E-state index contributed by atoms with van der Waals surface area (Å²) < 4.78 is 7.56. The lowest BCUT2D eigenvalue weighted by molar-refractivity contribution is 0.0989. The number of nitrogens with zero attached hydrogens (tertiary/aromatic N) is 2. The molecule has 0 aliphatic carbocycles. The fraction of sp³-hybridized carbons (Fsp3) is 0.412. The van der Waals surface area contributed by atoms with Crippen molar-refractivity contribution in [2.24, 2.45) is 7.05 Å². The molecule has 1 aromatic carbocycles. The maximum atomic E-state index is 5.49. The van der Waals surface area contributed by atoms with Crippen LogP contribution in [0.1, 0.15) is 12.5 Å². The molecule has 0 amide bonds. The highest BCUT2D eigenvalue weighted by Crippen LogP contribution is 2.22. The summed E-state index contributed by atoms with van der Waals surface area (Å²) in [6, 6.07) is 11.3. The maximum Gasteiger partial charge on any atom is 0.0668 e. The van der Waals surface area contributed by atoms with Crippen molar-refractivity contribution in [3.8, 4) is 0 Å². The predicted octanol–water partition coefficient (Wildman–Crippen LogP) is 2.86. The molecule has 1 aliphatic rings. The molecule has 3 rings (SSSR count). The third-order valence-corrected chi connectivity index (χ3v) is 3.96. The molecule has 0 spiro atoms. The van der Waals surface area contributed by atoms with Gasteiger partial charge in [-0.05, 0) is 42.8 Å². The molecule has 21 heavy (non-hydrogen) atoms. The predicted molar refractivity (Wildman–Crippen MR) is 86.8 cm³/mol. The second kappa shape index (κ2) is 6.22. The molecule has 4 heteroatoms. The Morgan fingerprint density at radius 2 is 2.05 bits per heavy atom. The van der Waals surface area contributed by atoms with Crippen molar-refractivity contribution in [3.63, 3.8) is 0 Å². The first-order chi connectivity index (χ1) is 10.2. The largest absolute Gasteiger partial charge is 0.381 e. The van der Waals surface area contributed by atoms with Gasteiger partial charge in [-0.3, -0.25) is 0 Å². The average Bonchev–Trinajstić information content (AvgIpc) is 2.92. The molecule has 1 atom stereocenters. The monoisotopic (exact) mass is 285 g/mol. The third-order valence-electron chi connectivity index (χ3n) is 3.96. The van der Waals surface area contributed by atoms with Gasteiger partial charge in [0.05, 0.1) is 13.2 Å². The van der Waals surface area contributed by atoms with Crippen molar-refractivity contribution in [2.75, 3.05) is 30.0 Å². The fourth-order valence-electron chi connectivity index (χ4n) is 2.75. The van der Waals surface area contributed by atoms with Crippen LogP contribution in [0.15, 0.2) is 42.7 Å². The number of morpholine rings is 1. The third kappa shape index (κ3) is 3.39. The van der Waals surface area contributed by atoms with Crippen LogP contribution in [0.5, 0.6) is 0 Å². The van der Waals surface area contributed by atoms with Gasteiger partial charge in [0, 0.05) is 49.9 Å². The Hall–Kier alpha value is -1.94. The second-order valence-corrected chi connectivity index (χ2v) is 5.70. The molecule has 0 bridgehead atoms. The Kier molecular flexibility index (Phi) is 4.15. The first kappa shape index (κ1) is 14.0. The van der Waals surface area contributed by atoms with Gasteiger partial charge < -0.3 is 19.5 Å². The van der Waals surface area contributed by atoms with Gasteiger partial charge in [0.2, 0.25) is 0 Å². The first-order valence-corrected chi connectivity index (χ1v) is 7.51. The summed E-state index contributed by atoms with van der Waals surface area (Å²) in [5, 5.41) is 3.46. The van der Waals surface area contributed by atoms with Gasteiger partial charge in [0.1, 0.15) is 0 Å². The zero-order chi connectivity index (χ0) is 14.7. The summed E-state index contributed by atoms with van der Waals surface area (Å²) in [5.74, 6) is 0. The van der Waals surface area contributed by atoms with Crippen molar-refractivity contribution < 1.29 is 4.74 Å². The van der Waals surface area contributed by atoms with Crippen molar-refractivity contribution >= 4 is 11.4 Å². The molecular formula is C17H23N3O. The number of rotatable bonds is 4. The van der Waals surface area contributed by atoms with Crippen LogP contribution in [-0.4, -0.2) is 30.4 Å². The first-order valence-electron chi connectivity index (χ1n) is 7.51. The van der Waals surface area contributed by atoms with Gasteiger partial charge >= 0.3 is 0 Å². The molecule has 0 saturated carbocycles. The highest BCUT2D eigenvalue weighted by atomic mass is 16.5. The van der Waals surface area contributed by atoms with Crippen LogP contribution >= 0.6 is 0 Å². The van der Waals surface area contributed by atoms with E-state index in [9.17, 15) is 0 Å². The number of ether oxygens (including phenoxy) is 1. The SMILES string of the molecule is CC1COCCN1c1ccc(NCc2ccn(C)c2)cc1. The minimum absolute atomic E-state index is 0.446. The van der Waals surface area contributed by atoms with E-state index in [0.29, 0.717) is 6.04 Å². The Balaban J connectivity index is 1.61. The van der Waals surface area contributed by atoms with E-state index in [-0.39, 0.29) is 0 Å². The standard InChI is InChI=1S/C17H23N3O/c1-14-13-21-10-9-20(14)17-5-3-16(4-6-17)18-11-15-7-8-19(2)12-15/h3-8,12,14,18H,9-11,13H2,1-2H3. The van der Waals surface area contributed by atoms with Crippen molar-refractivity contribution in [3.05, 3.63) is 48.3 Å². The van der Waals surface area contributed by atoms with E-state index >= 15 is 0 Å². The maximum absolute atomic E-state index is 5.49. The highest BCUT2D eigenvalue weighted by Gasteiger charge is 2.18. The molecule has 112 valence electrons. The summed E-state index contributed by atoms with van der Waals surface area (Å²) in [7, 11) is 2.04. The van der Waals surface area contributed by atoms with Gasteiger partial charge in [-0.25, -0.2) is 0 Å². The summed E-state index contributed by atoms with van der Waals surface area (Å²) >= 11 is 0. The van der Waals surface area contributed by atoms with E-state index in [1.807, 2.05) is 7.05 Å². The number of aryl methyl sites for hydroxylation is 1. The molecular weight excluding hydrogens is 262 g/mol. The minimum Gasteiger partial charge on any atom is -0.381 e. The van der Waals surface area contributed by atoms with Crippen LogP contribution in [0.3, 0.4) is 0 Å². The minimum atomic E-state index is 0.446.